The molecule has 26 heavy (non-hydrogen) atoms. The first-order valence-electron chi connectivity index (χ1n) is 9.69. The van der Waals surface area contributed by atoms with E-state index in [1.165, 1.54) is 17.4 Å². The molecule has 5 nitrogen and oxygen atoms in total. The first-order valence-corrected chi connectivity index (χ1v) is 11.6. The van der Waals surface area contributed by atoms with Gasteiger partial charge in [-0.1, -0.05) is 38.1 Å². The van der Waals surface area contributed by atoms with Crippen molar-refractivity contribution in [2.45, 2.75) is 50.9 Å². The fourth-order valence-electron chi connectivity index (χ4n) is 5.19. The van der Waals surface area contributed by atoms with E-state index in [0.29, 0.717) is 24.3 Å². The number of ether oxygens (including phenoxy) is 1. The van der Waals surface area contributed by atoms with Crippen LogP contribution in [0.1, 0.15) is 43.7 Å². The topological polar surface area (TPSA) is 58.6 Å². The Bertz CT molecular complexity index is 762. The van der Waals surface area contributed by atoms with Gasteiger partial charge in [-0.25, -0.2) is 13.1 Å². The Hall–Kier alpha value is -0.950. The highest BCUT2D eigenvalue weighted by atomic mass is 32.2. The normalized spacial score (nSPS) is 33.9. The lowest BCUT2D eigenvalue weighted by molar-refractivity contribution is 0.00220. The Morgan fingerprint density at radius 2 is 2.04 bits per heavy atom. The zero-order valence-electron chi connectivity index (χ0n) is 15.9. The minimum atomic E-state index is -3.15. The van der Waals surface area contributed by atoms with Crippen LogP contribution in [0.3, 0.4) is 0 Å². The molecule has 3 heterocycles. The van der Waals surface area contributed by atoms with Gasteiger partial charge in [0, 0.05) is 38.0 Å². The van der Waals surface area contributed by atoms with Crippen molar-refractivity contribution in [3.8, 4) is 0 Å². The van der Waals surface area contributed by atoms with Crippen LogP contribution in [-0.4, -0.2) is 50.9 Å². The summed E-state index contributed by atoms with van der Waals surface area (Å²) in [6.07, 6.45) is 3.63. The maximum atomic E-state index is 11.5. The van der Waals surface area contributed by atoms with Gasteiger partial charge in [0.15, 0.2) is 0 Å². The Kier molecular flexibility index (Phi) is 4.66. The molecule has 4 rings (SSSR count). The van der Waals surface area contributed by atoms with Crippen molar-refractivity contribution in [2.75, 3.05) is 25.9 Å². The van der Waals surface area contributed by atoms with Gasteiger partial charge >= 0.3 is 0 Å². The summed E-state index contributed by atoms with van der Waals surface area (Å²) in [7, 11) is -3.15. The fourth-order valence-corrected chi connectivity index (χ4v) is 5.69. The third-order valence-electron chi connectivity index (χ3n) is 6.49. The van der Waals surface area contributed by atoms with Crippen LogP contribution >= 0.6 is 0 Å². The summed E-state index contributed by atoms with van der Waals surface area (Å²) in [5, 5.41) is 0. The Morgan fingerprint density at radius 3 is 2.69 bits per heavy atom. The van der Waals surface area contributed by atoms with E-state index >= 15 is 0 Å². The lowest BCUT2D eigenvalue weighted by Gasteiger charge is -2.29. The van der Waals surface area contributed by atoms with Crippen molar-refractivity contribution in [2.24, 2.45) is 11.8 Å². The number of nitrogens with one attached hydrogen (secondary N) is 1. The summed E-state index contributed by atoms with van der Waals surface area (Å²) < 4.78 is 32.1. The minimum Gasteiger partial charge on any atom is -0.370 e. The van der Waals surface area contributed by atoms with E-state index in [1.807, 2.05) is 0 Å². The van der Waals surface area contributed by atoms with Crippen LogP contribution in [0.15, 0.2) is 24.3 Å². The van der Waals surface area contributed by atoms with Gasteiger partial charge < -0.3 is 4.74 Å². The molecule has 1 N–H and O–H groups in total. The summed E-state index contributed by atoms with van der Waals surface area (Å²) in [5.74, 6) is 1.29. The smallest absolute Gasteiger partial charge is 0.208 e. The highest BCUT2D eigenvalue weighted by Crippen LogP contribution is 2.54. The zero-order valence-corrected chi connectivity index (χ0v) is 16.8. The second-order valence-corrected chi connectivity index (χ2v) is 10.5. The van der Waals surface area contributed by atoms with Gasteiger partial charge in [-0.05, 0) is 29.9 Å². The van der Waals surface area contributed by atoms with E-state index in [9.17, 15) is 8.42 Å². The first kappa shape index (κ1) is 18.4. The average molecular weight is 379 g/mol. The molecule has 6 heteroatoms. The van der Waals surface area contributed by atoms with Gasteiger partial charge in [0.1, 0.15) is 0 Å². The molecule has 3 fully saturated rings. The molecule has 0 unspecified atom stereocenters. The second-order valence-electron chi connectivity index (χ2n) is 8.72. The summed E-state index contributed by atoms with van der Waals surface area (Å²) in [4.78, 5) is 2.49. The molecule has 0 aromatic heterocycles. The third-order valence-corrected chi connectivity index (χ3v) is 7.18. The number of hydrogen-bond acceptors (Lipinski definition) is 4. The lowest BCUT2D eigenvalue weighted by atomic mass is 9.74. The van der Waals surface area contributed by atoms with E-state index in [0.717, 1.165) is 32.5 Å². The number of sulfonamides is 1. The molecule has 1 aromatic rings. The van der Waals surface area contributed by atoms with Crippen LogP contribution in [0, 0.1) is 11.8 Å². The van der Waals surface area contributed by atoms with E-state index in [2.05, 4.69) is 47.7 Å². The van der Waals surface area contributed by atoms with Crippen LogP contribution in [0.4, 0.5) is 0 Å². The van der Waals surface area contributed by atoms with Crippen LogP contribution in [0.5, 0.6) is 0 Å². The predicted molar refractivity (Wildman–Crippen MR) is 102 cm³/mol. The van der Waals surface area contributed by atoms with E-state index in [4.69, 9.17) is 4.74 Å². The molecule has 3 saturated heterocycles. The van der Waals surface area contributed by atoms with Crippen molar-refractivity contribution in [3.63, 3.8) is 0 Å². The van der Waals surface area contributed by atoms with Gasteiger partial charge in [0.25, 0.3) is 0 Å². The van der Waals surface area contributed by atoms with Crippen molar-refractivity contribution in [3.05, 3.63) is 35.4 Å². The number of nitrogens with zero attached hydrogens (tertiary/aromatic N) is 1. The highest BCUT2D eigenvalue weighted by molar-refractivity contribution is 7.88. The van der Waals surface area contributed by atoms with E-state index in [1.54, 1.807) is 0 Å². The lowest BCUT2D eigenvalue weighted by Crippen LogP contribution is -2.41. The largest absolute Gasteiger partial charge is 0.370 e. The molecule has 1 spiro atoms. The number of rotatable bonds is 6. The first-order chi connectivity index (χ1) is 12.3. The monoisotopic (exact) mass is 378 g/mol. The maximum Gasteiger partial charge on any atom is 0.208 e. The number of likely N-dealkylation sites (tertiary alicyclic amines) is 1. The zero-order chi connectivity index (χ0) is 18.5. The number of hydrogen-bond donors (Lipinski definition) is 1. The molecule has 2 bridgehead atoms. The second kappa shape index (κ2) is 6.59. The van der Waals surface area contributed by atoms with Crippen LogP contribution < -0.4 is 4.72 Å². The summed E-state index contributed by atoms with van der Waals surface area (Å²) in [6, 6.07) is 8.94. The summed E-state index contributed by atoms with van der Waals surface area (Å²) in [5.41, 5.74) is 2.66. The molecular formula is C20H30N2O3S. The van der Waals surface area contributed by atoms with Crippen LogP contribution in [0.25, 0.3) is 0 Å². The SMILES string of the molecule is CC(C)c1ccc(CN2C[C@@H]3[C@H](CNS(C)(=O)=O)[C@H]4CC[C@]3(C2)O4)cc1. The summed E-state index contributed by atoms with van der Waals surface area (Å²) in [6.45, 7) is 7.85. The number of benzene rings is 1. The molecular weight excluding hydrogens is 348 g/mol. The Morgan fingerprint density at radius 1 is 1.31 bits per heavy atom. The molecule has 144 valence electrons. The molecule has 3 aliphatic rings. The molecule has 0 radical (unpaired) electrons. The quantitative estimate of drug-likeness (QED) is 0.825. The van der Waals surface area contributed by atoms with Gasteiger partial charge in [-0.3, -0.25) is 4.90 Å². The Labute approximate surface area is 157 Å². The molecule has 0 saturated carbocycles. The molecule has 0 aliphatic carbocycles. The molecule has 4 atom stereocenters. The van der Waals surface area contributed by atoms with Gasteiger partial charge in [-0.2, -0.15) is 0 Å². The summed E-state index contributed by atoms with van der Waals surface area (Å²) >= 11 is 0. The Balaban J connectivity index is 1.43. The maximum absolute atomic E-state index is 11.5. The van der Waals surface area contributed by atoms with Crippen LogP contribution in [0.2, 0.25) is 0 Å². The molecule has 0 amide bonds. The number of fused-ring (bicyclic) bond motifs is 1. The van der Waals surface area contributed by atoms with E-state index < -0.39 is 10.0 Å². The fraction of sp³-hybridized carbons (Fsp3) is 0.700. The standard InChI is InChI=1S/C20H30N2O3S/c1-14(2)16-6-4-15(5-7-16)11-22-12-18-17(10-21-26(3,23)24)19-8-9-20(18,13-22)25-19/h4-7,14,17-19,21H,8-13H2,1-3H3/t17-,18+,19+,20+/m0/s1. The van der Waals surface area contributed by atoms with Crippen molar-refractivity contribution < 1.29 is 13.2 Å². The van der Waals surface area contributed by atoms with Crippen molar-refractivity contribution in [1.82, 2.24) is 9.62 Å². The van der Waals surface area contributed by atoms with Gasteiger partial charge in [-0.15, -0.1) is 0 Å². The van der Waals surface area contributed by atoms with E-state index in [-0.39, 0.29) is 11.7 Å². The van der Waals surface area contributed by atoms with Gasteiger partial charge in [0.2, 0.25) is 10.0 Å². The molecule has 1 aromatic carbocycles. The van der Waals surface area contributed by atoms with Gasteiger partial charge in [0.05, 0.1) is 18.0 Å². The average Bonchev–Trinajstić information content (AvgIpc) is 3.20. The van der Waals surface area contributed by atoms with Crippen LogP contribution in [-0.2, 0) is 21.3 Å². The van der Waals surface area contributed by atoms with Crippen molar-refractivity contribution in [1.29, 1.82) is 0 Å². The molecule has 3 aliphatic heterocycles. The third kappa shape index (κ3) is 3.44. The highest BCUT2D eigenvalue weighted by Gasteiger charge is 2.62. The van der Waals surface area contributed by atoms with Crippen molar-refractivity contribution >= 4 is 10.0 Å². The minimum absolute atomic E-state index is 0.0492. The predicted octanol–water partition coefficient (Wildman–Crippen LogP) is 2.34.